The third-order valence-electron chi connectivity index (χ3n) is 6.33. The summed E-state index contributed by atoms with van der Waals surface area (Å²) in [6.07, 6.45) is -2.71. The van der Waals surface area contributed by atoms with Gasteiger partial charge in [0.05, 0.1) is 11.0 Å². The lowest BCUT2D eigenvalue weighted by molar-refractivity contribution is -0.201. The van der Waals surface area contributed by atoms with E-state index in [0.29, 0.717) is 36.8 Å². The Bertz CT molecular complexity index is 1430. The largest absolute Gasteiger partial charge is 0.491 e. The smallest absolute Gasteiger partial charge is 0.386 e. The van der Waals surface area contributed by atoms with E-state index in [1.807, 2.05) is 19.1 Å². The zero-order valence-electron chi connectivity index (χ0n) is 20.6. The van der Waals surface area contributed by atoms with Crippen LogP contribution in [0.2, 0.25) is 0 Å². The third-order valence-corrected chi connectivity index (χ3v) is 6.33. The summed E-state index contributed by atoms with van der Waals surface area (Å²) in [5, 5.41) is 6.83. The summed E-state index contributed by atoms with van der Waals surface area (Å²) in [6, 6.07) is 4.06. The first-order valence-electron chi connectivity index (χ1n) is 12.3. The van der Waals surface area contributed by atoms with E-state index in [1.54, 1.807) is 4.57 Å². The molecule has 1 aromatic rings. The number of esters is 2. The van der Waals surface area contributed by atoms with Crippen LogP contribution in [0.15, 0.2) is 21.7 Å². The predicted molar refractivity (Wildman–Crippen MR) is 131 cm³/mol. The molecule has 0 amide bonds. The molecule has 0 radical (unpaired) electrons. The highest BCUT2D eigenvalue weighted by atomic mass is 19.4. The molecule has 0 aromatic heterocycles. The van der Waals surface area contributed by atoms with Crippen LogP contribution in [0.3, 0.4) is 0 Å². The molecular weight excluding hydrogens is 509 g/mol. The van der Waals surface area contributed by atoms with E-state index in [0.717, 1.165) is 30.8 Å². The number of ether oxygens (including phenoxy) is 1. The maximum absolute atomic E-state index is 12.5. The molecule has 0 spiro atoms. The minimum atomic E-state index is -5.22. The topological polar surface area (TPSA) is 148 Å². The highest BCUT2D eigenvalue weighted by Crippen LogP contribution is 2.28. The number of nitrogens with zero attached hydrogens (tertiary/aromatic N) is 3. The molecule has 204 valence electrons. The van der Waals surface area contributed by atoms with Crippen LogP contribution in [0.5, 0.6) is 0 Å². The highest BCUT2D eigenvalue weighted by molar-refractivity contribution is 5.88. The summed E-state index contributed by atoms with van der Waals surface area (Å²) in [6.45, 7) is 4.07. The first kappa shape index (κ1) is 27.2. The Kier molecular flexibility index (Phi) is 8.09. The Hall–Kier alpha value is -3.81. The maximum Gasteiger partial charge on any atom is 0.491 e. The van der Waals surface area contributed by atoms with Crippen molar-refractivity contribution in [3.8, 4) is 11.5 Å². The van der Waals surface area contributed by atoms with Gasteiger partial charge in [0.2, 0.25) is 0 Å². The number of benzene rings is 1. The molecule has 38 heavy (non-hydrogen) atoms. The molecule has 3 N–H and O–H groups in total. The Labute approximate surface area is 214 Å². The van der Waals surface area contributed by atoms with Gasteiger partial charge < -0.3 is 19.9 Å². The predicted octanol–water partition coefficient (Wildman–Crippen LogP) is 2.25. The minimum Gasteiger partial charge on any atom is -0.386 e. The van der Waals surface area contributed by atoms with Gasteiger partial charge in [0.15, 0.2) is 11.5 Å². The molecule has 0 bridgehead atoms. The molecule has 4 rings (SSSR count). The van der Waals surface area contributed by atoms with E-state index in [4.69, 9.17) is 0 Å². The Morgan fingerprint density at radius 3 is 2.63 bits per heavy atom. The van der Waals surface area contributed by atoms with Gasteiger partial charge in [0.1, 0.15) is 0 Å². The molecule has 14 heteroatoms. The standard InChI is InChI=1S/C24H27F3N6O5/c1-13-10-16-17(11-15(13)29-14-7-8-28-12-14)33(20-19(30-16)21(35)32-23(37)31-20)9-5-3-2-4-6-18(34)38-22(36)24(25,26)27/h10-11,14,28-29H,2-9,12H2,1H3,(H,32,35,37)/t14-/m1/s1. The number of unbranched alkanes of at least 4 members (excludes halogenated alkanes) is 3. The monoisotopic (exact) mass is 536 g/mol. The molecular formula is C24H27F3N6O5. The van der Waals surface area contributed by atoms with Crippen LogP contribution < -0.4 is 21.9 Å². The van der Waals surface area contributed by atoms with Crippen molar-refractivity contribution in [2.24, 2.45) is 0 Å². The van der Waals surface area contributed by atoms with Gasteiger partial charge >= 0.3 is 23.8 Å². The zero-order chi connectivity index (χ0) is 27.4. The van der Waals surface area contributed by atoms with Gasteiger partial charge in [-0.05, 0) is 50.4 Å². The van der Waals surface area contributed by atoms with Crippen molar-refractivity contribution in [2.45, 2.75) is 64.2 Å². The van der Waals surface area contributed by atoms with Gasteiger partial charge in [-0.25, -0.2) is 14.6 Å². The van der Waals surface area contributed by atoms with E-state index in [1.165, 1.54) is 0 Å². The Morgan fingerprint density at radius 1 is 1.16 bits per heavy atom. The van der Waals surface area contributed by atoms with E-state index in [9.17, 15) is 32.3 Å². The van der Waals surface area contributed by atoms with Crippen LogP contribution in [0, 0.1) is 6.92 Å². The van der Waals surface area contributed by atoms with Gasteiger partial charge in [-0.2, -0.15) is 18.2 Å². The third kappa shape index (κ3) is 6.36. The fourth-order valence-corrected chi connectivity index (χ4v) is 4.43. The van der Waals surface area contributed by atoms with Crippen molar-refractivity contribution in [1.82, 2.24) is 24.8 Å². The fourth-order valence-electron chi connectivity index (χ4n) is 4.43. The molecule has 1 aromatic carbocycles. The molecule has 3 aliphatic heterocycles. The van der Waals surface area contributed by atoms with Crippen LogP contribution in [0.1, 0.15) is 44.1 Å². The minimum absolute atomic E-state index is 0.0364. The molecule has 3 aliphatic rings. The quantitative estimate of drug-likeness (QED) is 0.162. The van der Waals surface area contributed by atoms with Crippen LogP contribution in [-0.4, -0.2) is 56.8 Å². The number of H-pyrrole nitrogens is 1. The molecule has 3 heterocycles. The second-order valence-electron chi connectivity index (χ2n) is 9.22. The summed E-state index contributed by atoms with van der Waals surface area (Å²) >= 11 is 0. The molecule has 0 saturated carbocycles. The van der Waals surface area contributed by atoms with Crippen molar-refractivity contribution in [1.29, 1.82) is 0 Å². The van der Waals surface area contributed by atoms with E-state index in [2.05, 4.69) is 30.3 Å². The number of fused-ring (bicyclic) bond motifs is 2. The number of carbonyl (C=O) groups excluding carboxylic acids is 2. The first-order chi connectivity index (χ1) is 18.0. The van der Waals surface area contributed by atoms with Crippen molar-refractivity contribution in [3.63, 3.8) is 0 Å². The number of aromatic amines is 1. The molecule has 11 nitrogen and oxygen atoms in total. The van der Waals surface area contributed by atoms with Crippen molar-refractivity contribution in [2.75, 3.05) is 18.4 Å². The number of carbonyl (C=O) groups is 2. The van der Waals surface area contributed by atoms with Gasteiger partial charge in [-0.3, -0.25) is 14.6 Å². The Balaban J connectivity index is 1.50. The molecule has 1 atom stereocenters. The average molecular weight is 537 g/mol. The van der Waals surface area contributed by atoms with Crippen molar-refractivity contribution >= 4 is 28.7 Å². The summed E-state index contributed by atoms with van der Waals surface area (Å²) in [7, 11) is 0. The molecule has 0 aliphatic carbocycles. The number of aryl methyl sites for hydroxylation is 2. The SMILES string of the molecule is Cc1cc2nc3c(=O)[nH]c(=O)nc-3n(CCCCCCC(=O)OC(=O)C(F)(F)F)c2cc1N[C@@H]1CCNC1. The lowest BCUT2D eigenvalue weighted by atomic mass is 10.1. The van der Waals surface area contributed by atoms with Crippen molar-refractivity contribution in [3.05, 3.63) is 38.5 Å². The Morgan fingerprint density at radius 2 is 1.92 bits per heavy atom. The van der Waals surface area contributed by atoms with Gasteiger partial charge in [-0.1, -0.05) is 12.8 Å². The summed E-state index contributed by atoms with van der Waals surface area (Å²) in [5.41, 5.74) is 1.71. The van der Waals surface area contributed by atoms with Gasteiger partial charge in [0, 0.05) is 31.2 Å². The van der Waals surface area contributed by atoms with Crippen molar-refractivity contribution < 1.29 is 27.5 Å². The lowest BCUT2D eigenvalue weighted by Crippen LogP contribution is -2.29. The number of nitrogens with one attached hydrogen (secondary N) is 3. The number of alkyl halides is 3. The normalized spacial score (nSPS) is 15.7. The second-order valence-corrected chi connectivity index (χ2v) is 9.22. The van der Waals surface area contributed by atoms with Gasteiger partial charge in [-0.15, -0.1) is 0 Å². The fraction of sp³-hybridized carbons (Fsp3) is 0.500. The average Bonchev–Trinajstić information content (AvgIpc) is 3.34. The summed E-state index contributed by atoms with van der Waals surface area (Å²) in [5.74, 6) is -3.60. The van der Waals surface area contributed by atoms with Crippen LogP contribution >= 0.6 is 0 Å². The van der Waals surface area contributed by atoms with E-state index in [-0.39, 0.29) is 30.4 Å². The lowest BCUT2D eigenvalue weighted by Gasteiger charge is -2.20. The maximum atomic E-state index is 12.5. The van der Waals surface area contributed by atoms with Crippen LogP contribution in [-0.2, 0) is 20.9 Å². The first-order valence-corrected chi connectivity index (χ1v) is 12.3. The second kappa shape index (κ2) is 11.3. The zero-order valence-corrected chi connectivity index (χ0v) is 20.6. The van der Waals surface area contributed by atoms with E-state index >= 15 is 0 Å². The number of hydrogen-bond donors (Lipinski definition) is 3. The number of hydrogen-bond acceptors (Lipinski definition) is 9. The van der Waals surface area contributed by atoms with Crippen LogP contribution in [0.25, 0.3) is 22.6 Å². The molecule has 1 saturated heterocycles. The molecule has 0 unspecified atom stereocenters. The summed E-state index contributed by atoms with van der Waals surface area (Å²) < 4.78 is 42.1. The summed E-state index contributed by atoms with van der Waals surface area (Å²) in [4.78, 5) is 57.3. The van der Waals surface area contributed by atoms with E-state index < -0.39 is 29.4 Å². The molecule has 1 fully saturated rings. The number of halogens is 3. The van der Waals surface area contributed by atoms with Crippen LogP contribution in [0.4, 0.5) is 18.9 Å². The number of rotatable bonds is 9. The number of aromatic nitrogens is 4. The van der Waals surface area contributed by atoms with Gasteiger partial charge in [0.25, 0.3) is 5.56 Å². The highest BCUT2D eigenvalue weighted by Gasteiger charge is 2.42. The number of anilines is 1.